The minimum absolute atomic E-state index is 0.0721. The molecule has 0 atom stereocenters. The summed E-state index contributed by atoms with van der Waals surface area (Å²) < 4.78 is 1.12. The molecule has 1 rings (SSSR count). The van der Waals surface area contributed by atoms with Crippen LogP contribution in [0.3, 0.4) is 0 Å². The molecule has 0 bridgehead atoms. The standard InChI is InChI=1S/C11H13BrN2O5/c1-6-7(14(18)19)4-13(9(15)8(6)12)5-11(2,3)10(16)17/h4H,5H2,1-3H3,(H,16,17). The van der Waals surface area contributed by atoms with Gasteiger partial charge >= 0.3 is 5.97 Å². The minimum Gasteiger partial charge on any atom is -0.481 e. The monoisotopic (exact) mass is 332 g/mol. The number of pyridine rings is 1. The van der Waals surface area contributed by atoms with E-state index in [-0.39, 0.29) is 22.3 Å². The third kappa shape index (κ3) is 3.01. The highest BCUT2D eigenvalue weighted by Gasteiger charge is 2.29. The SMILES string of the molecule is Cc1c([N+](=O)[O-])cn(CC(C)(C)C(=O)O)c(=O)c1Br. The van der Waals surface area contributed by atoms with Gasteiger partial charge in [-0.2, -0.15) is 0 Å². The Bertz CT molecular complexity index is 606. The van der Waals surface area contributed by atoms with Gasteiger partial charge in [-0.15, -0.1) is 0 Å². The van der Waals surface area contributed by atoms with Crippen molar-refractivity contribution in [3.63, 3.8) is 0 Å². The Morgan fingerprint density at radius 3 is 2.53 bits per heavy atom. The number of nitro groups is 1. The lowest BCUT2D eigenvalue weighted by Crippen LogP contribution is -2.34. The van der Waals surface area contributed by atoms with Gasteiger partial charge in [0.15, 0.2) is 0 Å². The fourth-order valence-corrected chi connectivity index (χ4v) is 1.93. The molecule has 0 radical (unpaired) electrons. The van der Waals surface area contributed by atoms with Crippen molar-refractivity contribution in [3.05, 3.63) is 36.7 Å². The van der Waals surface area contributed by atoms with Crippen LogP contribution < -0.4 is 5.56 Å². The van der Waals surface area contributed by atoms with Crippen molar-refractivity contribution in [2.75, 3.05) is 0 Å². The third-order valence-electron chi connectivity index (χ3n) is 2.78. The molecule has 0 saturated carbocycles. The summed E-state index contributed by atoms with van der Waals surface area (Å²) in [5.74, 6) is -1.08. The first-order chi connectivity index (χ1) is 8.58. The van der Waals surface area contributed by atoms with Crippen LogP contribution in [0.25, 0.3) is 0 Å². The zero-order chi connectivity index (χ0) is 15.0. The second-order valence-corrected chi connectivity index (χ2v) is 5.63. The quantitative estimate of drug-likeness (QED) is 0.670. The Morgan fingerprint density at radius 1 is 1.58 bits per heavy atom. The van der Waals surface area contributed by atoms with E-state index in [0.717, 1.165) is 10.8 Å². The maximum atomic E-state index is 12.0. The summed E-state index contributed by atoms with van der Waals surface area (Å²) in [5, 5.41) is 19.9. The number of hydrogen-bond acceptors (Lipinski definition) is 4. The topological polar surface area (TPSA) is 102 Å². The van der Waals surface area contributed by atoms with E-state index in [9.17, 15) is 19.7 Å². The van der Waals surface area contributed by atoms with Gasteiger partial charge in [0.05, 0.1) is 21.0 Å². The molecule has 1 aromatic heterocycles. The fraction of sp³-hybridized carbons (Fsp3) is 0.455. The molecule has 1 heterocycles. The van der Waals surface area contributed by atoms with Crippen LogP contribution in [0.2, 0.25) is 0 Å². The minimum atomic E-state index is -1.20. The average Bonchev–Trinajstić information content (AvgIpc) is 2.29. The van der Waals surface area contributed by atoms with E-state index in [2.05, 4.69) is 15.9 Å². The second kappa shape index (κ2) is 5.12. The van der Waals surface area contributed by atoms with E-state index in [0.29, 0.717) is 0 Å². The lowest BCUT2D eigenvalue weighted by molar-refractivity contribution is -0.386. The first kappa shape index (κ1) is 15.4. The van der Waals surface area contributed by atoms with E-state index < -0.39 is 21.9 Å². The molecule has 0 aliphatic rings. The van der Waals surface area contributed by atoms with Crippen LogP contribution in [0.5, 0.6) is 0 Å². The highest BCUT2D eigenvalue weighted by Crippen LogP contribution is 2.24. The first-order valence-corrected chi connectivity index (χ1v) is 6.14. The Labute approximate surface area is 117 Å². The molecular weight excluding hydrogens is 320 g/mol. The molecule has 0 amide bonds. The molecule has 0 aliphatic heterocycles. The van der Waals surface area contributed by atoms with Crippen molar-refractivity contribution in [3.8, 4) is 0 Å². The summed E-state index contributed by atoms with van der Waals surface area (Å²) in [4.78, 5) is 33.3. The molecular formula is C11H13BrN2O5. The second-order valence-electron chi connectivity index (χ2n) is 4.83. The zero-order valence-corrected chi connectivity index (χ0v) is 12.2. The number of hydrogen-bond donors (Lipinski definition) is 1. The van der Waals surface area contributed by atoms with Gasteiger partial charge in [0.2, 0.25) is 0 Å². The summed E-state index contributed by atoms with van der Waals surface area (Å²) in [6, 6.07) is 0. The number of carboxylic acid groups (broad SMARTS) is 1. The summed E-state index contributed by atoms with van der Waals surface area (Å²) in [7, 11) is 0. The highest BCUT2D eigenvalue weighted by molar-refractivity contribution is 9.10. The smallest absolute Gasteiger partial charge is 0.310 e. The van der Waals surface area contributed by atoms with Crippen molar-refractivity contribution < 1.29 is 14.8 Å². The van der Waals surface area contributed by atoms with Crippen molar-refractivity contribution in [2.45, 2.75) is 27.3 Å². The van der Waals surface area contributed by atoms with Crippen LogP contribution in [0.4, 0.5) is 5.69 Å². The number of halogens is 1. The zero-order valence-electron chi connectivity index (χ0n) is 10.6. The number of aliphatic carboxylic acids is 1. The predicted molar refractivity (Wildman–Crippen MR) is 71.2 cm³/mol. The van der Waals surface area contributed by atoms with Gasteiger partial charge in [-0.05, 0) is 36.7 Å². The molecule has 0 unspecified atom stereocenters. The van der Waals surface area contributed by atoms with Crippen molar-refractivity contribution in [2.24, 2.45) is 5.41 Å². The fourth-order valence-electron chi connectivity index (χ4n) is 1.50. The highest BCUT2D eigenvalue weighted by atomic mass is 79.9. The predicted octanol–water partition coefficient (Wildman–Crippen LogP) is 1.94. The van der Waals surface area contributed by atoms with Crippen LogP contribution in [0.1, 0.15) is 19.4 Å². The van der Waals surface area contributed by atoms with E-state index in [1.807, 2.05) is 0 Å². The molecule has 0 aliphatic carbocycles. The van der Waals surface area contributed by atoms with Gasteiger partial charge in [-0.1, -0.05) is 0 Å². The number of aromatic nitrogens is 1. The van der Waals surface area contributed by atoms with Crippen molar-refractivity contribution in [1.82, 2.24) is 4.57 Å². The maximum Gasteiger partial charge on any atom is 0.310 e. The average molecular weight is 333 g/mol. The van der Waals surface area contributed by atoms with E-state index in [1.165, 1.54) is 20.8 Å². The lowest BCUT2D eigenvalue weighted by Gasteiger charge is -2.20. The van der Waals surface area contributed by atoms with Gasteiger partial charge in [0.1, 0.15) is 0 Å². The molecule has 0 spiro atoms. The maximum absolute atomic E-state index is 12.0. The normalized spacial score (nSPS) is 11.4. The summed E-state index contributed by atoms with van der Waals surface area (Å²) in [6.45, 7) is 4.19. The molecule has 19 heavy (non-hydrogen) atoms. The molecule has 0 saturated heterocycles. The summed E-state index contributed by atoms with van der Waals surface area (Å²) in [5.41, 5.74) is -1.70. The van der Waals surface area contributed by atoms with Gasteiger partial charge < -0.3 is 9.67 Å². The Hall–Kier alpha value is -1.70. The molecule has 0 aromatic carbocycles. The Balaban J connectivity index is 3.42. The van der Waals surface area contributed by atoms with Crippen LogP contribution >= 0.6 is 15.9 Å². The largest absolute Gasteiger partial charge is 0.481 e. The van der Waals surface area contributed by atoms with E-state index in [4.69, 9.17) is 5.11 Å². The van der Waals surface area contributed by atoms with Gasteiger partial charge in [0, 0.05) is 12.1 Å². The van der Waals surface area contributed by atoms with Crippen LogP contribution in [-0.4, -0.2) is 20.6 Å². The number of carbonyl (C=O) groups is 1. The van der Waals surface area contributed by atoms with Crippen LogP contribution in [0, 0.1) is 22.5 Å². The Morgan fingerprint density at radius 2 is 2.11 bits per heavy atom. The van der Waals surface area contributed by atoms with Crippen LogP contribution in [-0.2, 0) is 11.3 Å². The van der Waals surface area contributed by atoms with Crippen LogP contribution in [0.15, 0.2) is 15.5 Å². The van der Waals surface area contributed by atoms with Crippen molar-refractivity contribution >= 4 is 27.6 Å². The lowest BCUT2D eigenvalue weighted by atomic mass is 9.93. The molecule has 1 N–H and O–H groups in total. The number of rotatable bonds is 4. The number of carboxylic acids is 1. The molecule has 104 valence electrons. The molecule has 1 aromatic rings. The van der Waals surface area contributed by atoms with Gasteiger partial charge in [-0.3, -0.25) is 19.7 Å². The van der Waals surface area contributed by atoms with Gasteiger partial charge in [0.25, 0.3) is 11.2 Å². The summed E-state index contributed by atoms with van der Waals surface area (Å²) in [6.07, 6.45) is 1.08. The third-order valence-corrected chi connectivity index (χ3v) is 3.72. The number of nitrogens with zero attached hydrogens (tertiary/aromatic N) is 2. The molecule has 8 heteroatoms. The van der Waals surface area contributed by atoms with E-state index >= 15 is 0 Å². The summed E-state index contributed by atoms with van der Waals surface area (Å²) >= 11 is 3.01. The van der Waals surface area contributed by atoms with Crippen molar-refractivity contribution in [1.29, 1.82) is 0 Å². The van der Waals surface area contributed by atoms with E-state index in [1.54, 1.807) is 0 Å². The first-order valence-electron chi connectivity index (χ1n) is 5.35. The molecule has 0 fully saturated rings. The molecule has 7 nitrogen and oxygen atoms in total. The Kier molecular flexibility index (Phi) is 4.14. The van der Waals surface area contributed by atoms with Gasteiger partial charge in [-0.25, -0.2) is 0 Å².